The first-order valence-corrected chi connectivity index (χ1v) is 9.84. The Morgan fingerprint density at radius 1 is 1.10 bits per heavy atom. The summed E-state index contributed by atoms with van der Waals surface area (Å²) in [6.07, 6.45) is 0. The predicted molar refractivity (Wildman–Crippen MR) is 107 cm³/mol. The van der Waals surface area contributed by atoms with Crippen molar-refractivity contribution < 1.29 is 23.0 Å². The molecule has 1 amide bonds. The third-order valence-corrected chi connectivity index (χ3v) is 5.94. The van der Waals surface area contributed by atoms with Crippen molar-refractivity contribution in [3.05, 3.63) is 47.5 Å². The molecule has 1 saturated heterocycles. The number of piperazine rings is 1. The van der Waals surface area contributed by atoms with E-state index in [1.807, 2.05) is 4.90 Å². The Morgan fingerprint density at radius 3 is 2.55 bits per heavy atom. The van der Waals surface area contributed by atoms with Gasteiger partial charge in [-0.05, 0) is 18.2 Å². The molecule has 9 heteroatoms. The van der Waals surface area contributed by atoms with E-state index in [2.05, 4.69) is 4.98 Å². The number of amides is 1. The van der Waals surface area contributed by atoms with Crippen LogP contribution in [0.5, 0.6) is 11.5 Å². The van der Waals surface area contributed by atoms with E-state index in [1.165, 1.54) is 31.6 Å². The van der Waals surface area contributed by atoms with Crippen molar-refractivity contribution in [1.82, 2.24) is 9.88 Å². The Hall–Kier alpha value is -2.94. The van der Waals surface area contributed by atoms with Crippen molar-refractivity contribution in [2.24, 2.45) is 0 Å². The average Bonchev–Trinajstić information content (AvgIpc) is 3.17. The monoisotopic (exact) mass is 419 g/mol. The summed E-state index contributed by atoms with van der Waals surface area (Å²) in [6, 6.07) is 7.32. The molecule has 1 fully saturated rings. The lowest BCUT2D eigenvalue weighted by molar-refractivity contribution is 0.0742. The van der Waals surface area contributed by atoms with Gasteiger partial charge in [0.2, 0.25) is 0 Å². The average molecular weight is 419 g/mol. The molecule has 0 saturated carbocycles. The van der Waals surface area contributed by atoms with Crippen LogP contribution in [0, 0.1) is 11.6 Å². The number of anilines is 1. The van der Waals surface area contributed by atoms with Crippen LogP contribution in [0.25, 0.3) is 10.2 Å². The number of carbonyl (C=O) groups is 1. The van der Waals surface area contributed by atoms with E-state index in [-0.39, 0.29) is 11.4 Å². The molecule has 1 aromatic heterocycles. The largest absolute Gasteiger partial charge is 0.493 e. The fraction of sp³-hybridized carbons (Fsp3) is 0.300. The minimum absolute atomic E-state index is 0.141. The lowest BCUT2D eigenvalue weighted by Crippen LogP contribution is -2.48. The summed E-state index contributed by atoms with van der Waals surface area (Å²) in [7, 11) is 3.03. The number of ether oxygens (including phenoxy) is 2. The topological polar surface area (TPSA) is 54.9 Å². The first kappa shape index (κ1) is 19.4. The second kappa shape index (κ2) is 7.82. The van der Waals surface area contributed by atoms with E-state index >= 15 is 0 Å². The molecule has 1 aliphatic rings. The highest BCUT2D eigenvalue weighted by Gasteiger charge is 2.27. The molecule has 0 atom stereocenters. The molecule has 2 aromatic carbocycles. The highest BCUT2D eigenvalue weighted by atomic mass is 32.1. The van der Waals surface area contributed by atoms with Gasteiger partial charge in [-0.1, -0.05) is 17.4 Å². The molecule has 3 aromatic rings. The molecule has 2 heterocycles. The molecule has 0 spiro atoms. The maximum atomic E-state index is 13.9. The van der Waals surface area contributed by atoms with Gasteiger partial charge in [-0.25, -0.2) is 13.8 Å². The Kier molecular flexibility index (Phi) is 5.23. The van der Waals surface area contributed by atoms with Crippen LogP contribution >= 0.6 is 11.3 Å². The number of nitrogens with zero attached hydrogens (tertiary/aromatic N) is 3. The summed E-state index contributed by atoms with van der Waals surface area (Å²) >= 11 is 1.24. The summed E-state index contributed by atoms with van der Waals surface area (Å²) in [5.74, 6) is -0.515. The van der Waals surface area contributed by atoms with Crippen LogP contribution in [0.15, 0.2) is 30.3 Å². The summed E-state index contributed by atoms with van der Waals surface area (Å²) in [5.41, 5.74) is 0.615. The molecule has 6 nitrogen and oxygen atoms in total. The number of halogens is 2. The normalized spacial score (nSPS) is 14.3. The molecule has 1 aliphatic heterocycles. The van der Waals surface area contributed by atoms with Gasteiger partial charge in [-0.2, -0.15) is 0 Å². The van der Waals surface area contributed by atoms with Crippen molar-refractivity contribution in [1.29, 1.82) is 0 Å². The van der Waals surface area contributed by atoms with Gasteiger partial charge in [0.1, 0.15) is 11.3 Å². The summed E-state index contributed by atoms with van der Waals surface area (Å²) in [6.45, 7) is 2.04. The van der Waals surface area contributed by atoms with Gasteiger partial charge in [0.05, 0.1) is 24.5 Å². The minimum Gasteiger partial charge on any atom is -0.493 e. The third kappa shape index (κ3) is 3.57. The van der Waals surface area contributed by atoms with E-state index in [9.17, 15) is 13.6 Å². The van der Waals surface area contributed by atoms with Crippen LogP contribution < -0.4 is 14.4 Å². The Labute approximate surface area is 170 Å². The van der Waals surface area contributed by atoms with E-state index in [1.54, 1.807) is 23.1 Å². The fourth-order valence-corrected chi connectivity index (χ4v) is 4.46. The van der Waals surface area contributed by atoms with E-state index in [0.29, 0.717) is 53.1 Å². The van der Waals surface area contributed by atoms with Gasteiger partial charge < -0.3 is 19.3 Å². The zero-order valence-corrected chi connectivity index (χ0v) is 16.8. The number of thiazole rings is 1. The molecule has 29 heavy (non-hydrogen) atoms. The standard InChI is InChI=1S/C20H19F2N3O3S/c1-27-15-5-3-4-13(18(15)28-2)19(26)24-6-8-25(9-7-24)20-23-17-14(22)10-12(21)11-16(17)29-20/h3-5,10-11H,6-9H2,1-2H3. The molecule has 0 aliphatic carbocycles. The molecule has 0 bridgehead atoms. The number of carbonyl (C=O) groups excluding carboxylic acids is 1. The van der Waals surface area contributed by atoms with Crippen LogP contribution in [-0.4, -0.2) is 56.2 Å². The number of rotatable bonds is 4. The highest BCUT2D eigenvalue weighted by molar-refractivity contribution is 7.22. The maximum absolute atomic E-state index is 13.9. The second-order valence-corrected chi connectivity index (χ2v) is 7.56. The Balaban J connectivity index is 1.50. The lowest BCUT2D eigenvalue weighted by atomic mass is 10.1. The Morgan fingerprint density at radius 2 is 1.86 bits per heavy atom. The SMILES string of the molecule is COc1cccc(C(=O)N2CCN(c3nc4c(F)cc(F)cc4s3)CC2)c1OC. The number of methoxy groups -OCH3 is 2. The summed E-state index contributed by atoms with van der Waals surface area (Å²) < 4.78 is 38.5. The first-order chi connectivity index (χ1) is 14.0. The number of para-hydroxylation sites is 1. The highest BCUT2D eigenvalue weighted by Crippen LogP contribution is 2.33. The summed E-state index contributed by atoms with van der Waals surface area (Å²) in [5, 5.41) is 0.621. The zero-order valence-electron chi connectivity index (χ0n) is 15.9. The third-order valence-electron chi connectivity index (χ3n) is 4.87. The predicted octanol–water partition coefficient (Wildman–Crippen LogP) is 3.55. The van der Waals surface area contributed by atoms with Crippen molar-refractivity contribution >= 4 is 32.6 Å². The van der Waals surface area contributed by atoms with Gasteiger partial charge in [0.15, 0.2) is 22.4 Å². The van der Waals surface area contributed by atoms with Gasteiger partial charge in [0, 0.05) is 32.2 Å². The van der Waals surface area contributed by atoms with E-state index < -0.39 is 11.6 Å². The molecule has 152 valence electrons. The zero-order chi connectivity index (χ0) is 20.5. The van der Waals surface area contributed by atoms with Gasteiger partial charge in [-0.15, -0.1) is 0 Å². The van der Waals surface area contributed by atoms with E-state index in [0.717, 1.165) is 6.07 Å². The van der Waals surface area contributed by atoms with Crippen LogP contribution in [0.2, 0.25) is 0 Å². The van der Waals surface area contributed by atoms with Crippen LogP contribution in [-0.2, 0) is 0 Å². The van der Waals surface area contributed by atoms with Crippen LogP contribution in [0.3, 0.4) is 0 Å². The molecule has 0 radical (unpaired) electrons. The van der Waals surface area contributed by atoms with Gasteiger partial charge >= 0.3 is 0 Å². The molecule has 0 N–H and O–H groups in total. The molecular weight excluding hydrogens is 400 g/mol. The number of hydrogen-bond donors (Lipinski definition) is 0. The van der Waals surface area contributed by atoms with Crippen LogP contribution in [0.4, 0.5) is 13.9 Å². The summed E-state index contributed by atoms with van der Waals surface area (Å²) in [4.78, 5) is 21.0. The van der Waals surface area contributed by atoms with Crippen molar-refractivity contribution in [2.75, 3.05) is 45.3 Å². The van der Waals surface area contributed by atoms with Crippen molar-refractivity contribution in [3.63, 3.8) is 0 Å². The van der Waals surface area contributed by atoms with E-state index in [4.69, 9.17) is 9.47 Å². The number of benzene rings is 2. The molecular formula is C20H19F2N3O3S. The first-order valence-electron chi connectivity index (χ1n) is 9.02. The molecule has 0 unspecified atom stereocenters. The lowest BCUT2D eigenvalue weighted by Gasteiger charge is -2.34. The quantitative estimate of drug-likeness (QED) is 0.647. The van der Waals surface area contributed by atoms with Gasteiger partial charge in [-0.3, -0.25) is 4.79 Å². The minimum atomic E-state index is -0.665. The number of aromatic nitrogens is 1. The second-order valence-electron chi connectivity index (χ2n) is 6.55. The Bertz CT molecular complexity index is 1060. The smallest absolute Gasteiger partial charge is 0.257 e. The fourth-order valence-electron chi connectivity index (χ4n) is 3.41. The van der Waals surface area contributed by atoms with Crippen molar-refractivity contribution in [2.45, 2.75) is 0 Å². The number of hydrogen-bond acceptors (Lipinski definition) is 6. The molecule has 4 rings (SSSR count). The number of fused-ring (bicyclic) bond motifs is 1. The van der Waals surface area contributed by atoms with Gasteiger partial charge in [0.25, 0.3) is 5.91 Å². The maximum Gasteiger partial charge on any atom is 0.257 e. The van der Waals surface area contributed by atoms with Crippen LogP contribution in [0.1, 0.15) is 10.4 Å². The van der Waals surface area contributed by atoms with Crippen molar-refractivity contribution in [3.8, 4) is 11.5 Å².